The molecule has 0 aliphatic carbocycles. The molecule has 3 N–H and O–H groups in total. The maximum Gasteiger partial charge on any atom is 0.248 e. The summed E-state index contributed by atoms with van der Waals surface area (Å²) >= 11 is 7.63. The molecule has 0 radical (unpaired) electrons. The summed E-state index contributed by atoms with van der Waals surface area (Å²) in [5, 5.41) is 15.8. The molecule has 1 spiro atoms. The van der Waals surface area contributed by atoms with Crippen molar-refractivity contribution >= 4 is 52.5 Å². The highest BCUT2D eigenvalue weighted by atomic mass is 35.5. The van der Waals surface area contributed by atoms with E-state index >= 15 is 0 Å². The Morgan fingerprint density at radius 1 is 1.08 bits per heavy atom. The minimum Gasteiger partial charge on any atom is -0.494 e. The number of carbonyl (C=O) groups is 3. The van der Waals surface area contributed by atoms with Gasteiger partial charge in [-0.1, -0.05) is 11.6 Å². The van der Waals surface area contributed by atoms with E-state index in [1.807, 2.05) is 6.92 Å². The van der Waals surface area contributed by atoms with Crippen LogP contribution in [0, 0.1) is 11.8 Å². The SMILES string of the molecule is CCOc1ccc(NC(=O)[C@@H]2[C@H]3C(=O)N(CCCCO)C(C(=O)Nc4ccc(Cl)cc4)C34CC[C@H]2S4)cc1. The number of nitrogens with one attached hydrogen (secondary N) is 2. The number of benzene rings is 2. The zero-order valence-electron chi connectivity index (χ0n) is 21.2. The molecule has 0 aromatic heterocycles. The van der Waals surface area contributed by atoms with Gasteiger partial charge in [0.15, 0.2) is 0 Å². The Labute approximate surface area is 231 Å². The molecule has 2 bridgehead atoms. The Hall–Kier alpha value is -2.75. The number of likely N-dealkylation sites (tertiary alicyclic amines) is 1. The number of ether oxygens (including phenoxy) is 1. The van der Waals surface area contributed by atoms with Crippen molar-refractivity contribution in [2.45, 2.75) is 48.6 Å². The van der Waals surface area contributed by atoms with E-state index in [-0.39, 0.29) is 29.6 Å². The zero-order chi connectivity index (χ0) is 26.9. The molecule has 2 aromatic rings. The van der Waals surface area contributed by atoms with Crippen LogP contribution in [0.4, 0.5) is 11.4 Å². The van der Waals surface area contributed by atoms with Crippen LogP contribution in [0.3, 0.4) is 0 Å². The molecule has 3 heterocycles. The second kappa shape index (κ2) is 11.2. The molecule has 10 heteroatoms. The average molecular weight is 558 g/mol. The van der Waals surface area contributed by atoms with Crippen LogP contribution in [0.1, 0.15) is 32.6 Å². The lowest BCUT2D eigenvalue weighted by atomic mass is 9.70. The summed E-state index contributed by atoms with van der Waals surface area (Å²) in [6.07, 6.45) is 2.57. The lowest BCUT2D eigenvalue weighted by molar-refractivity contribution is -0.138. The van der Waals surface area contributed by atoms with E-state index in [9.17, 15) is 19.5 Å². The van der Waals surface area contributed by atoms with Crippen molar-refractivity contribution in [3.8, 4) is 5.75 Å². The summed E-state index contributed by atoms with van der Waals surface area (Å²) < 4.78 is 4.82. The van der Waals surface area contributed by atoms with Crippen LogP contribution in [0.2, 0.25) is 5.02 Å². The third kappa shape index (κ3) is 4.87. The van der Waals surface area contributed by atoms with Crippen molar-refractivity contribution in [3.63, 3.8) is 0 Å². The molecular weight excluding hydrogens is 526 g/mol. The number of hydrogen-bond acceptors (Lipinski definition) is 6. The van der Waals surface area contributed by atoms with Crippen LogP contribution >= 0.6 is 23.4 Å². The number of amides is 3. The van der Waals surface area contributed by atoms with Crippen molar-refractivity contribution in [2.24, 2.45) is 11.8 Å². The molecule has 3 aliphatic heterocycles. The van der Waals surface area contributed by atoms with Crippen LogP contribution in [-0.2, 0) is 14.4 Å². The Balaban J connectivity index is 1.40. The number of unbranched alkanes of at least 4 members (excludes halogenated alkanes) is 1. The number of aliphatic hydroxyl groups excluding tert-OH is 1. The quantitative estimate of drug-likeness (QED) is 0.378. The van der Waals surface area contributed by atoms with Gasteiger partial charge in [-0.2, -0.15) is 0 Å². The normalized spacial score (nSPS) is 27.3. The lowest BCUT2D eigenvalue weighted by Crippen LogP contribution is -2.51. The van der Waals surface area contributed by atoms with Gasteiger partial charge in [-0.15, -0.1) is 11.8 Å². The van der Waals surface area contributed by atoms with Gasteiger partial charge in [-0.3, -0.25) is 14.4 Å². The first-order chi connectivity index (χ1) is 18.4. The molecule has 3 amide bonds. The molecule has 5 rings (SSSR count). The van der Waals surface area contributed by atoms with Gasteiger partial charge < -0.3 is 25.4 Å². The second-order valence-corrected chi connectivity index (χ2v) is 12.0. The predicted molar refractivity (Wildman–Crippen MR) is 148 cm³/mol. The number of nitrogens with zero attached hydrogens (tertiary/aromatic N) is 1. The Kier molecular flexibility index (Phi) is 7.88. The first kappa shape index (κ1) is 26.8. The summed E-state index contributed by atoms with van der Waals surface area (Å²) in [6, 6.07) is 13.4. The molecule has 0 saturated carbocycles. The smallest absolute Gasteiger partial charge is 0.248 e. The highest BCUT2D eigenvalue weighted by molar-refractivity contribution is 8.02. The number of thioether (sulfide) groups is 1. The standard InChI is InChI=1S/C28H32ClN3O5S/c1-2-37-20-11-9-19(10-12-20)30-25(34)22-21-13-14-28(38-21)23(22)27(36)32(15-3-4-16-33)24(28)26(35)31-18-7-5-17(29)6-8-18/h5-12,21-24,33H,2-4,13-16H2,1H3,(H,30,34)(H,31,35)/t21-,22+,23+,24?,28?/m1/s1. The highest BCUT2D eigenvalue weighted by Crippen LogP contribution is 2.66. The Morgan fingerprint density at radius 2 is 1.74 bits per heavy atom. The minimum atomic E-state index is -0.701. The molecule has 2 unspecified atom stereocenters. The first-order valence-corrected chi connectivity index (χ1v) is 14.3. The van der Waals surface area contributed by atoms with Crippen LogP contribution in [0.5, 0.6) is 5.75 Å². The molecule has 202 valence electrons. The monoisotopic (exact) mass is 557 g/mol. The van der Waals surface area contributed by atoms with Crippen molar-refractivity contribution in [2.75, 3.05) is 30.4 Å². The van der Waals surface area contributed by atoms with Gasteiger partial charge in [0, 0.05) is 34.8 Å². The van der Waals surface area contributed by atoms with Gasteiger partial charge >= 0.3 is 0 Å². The third-order valence-electron chi connectivity index (χ3n) is 7.70. The molecule has 8 nitrogen and oxygen atoms in total. The Morgan fingerprint density at radius 3 is 2.39 bits per heavy atom. The average Bonchev–Trinajstić information content (AvgIpc) is 3.54. The zero-order valence-corrected chi connectivity index (χ0v) is 22.8. The van der Waals surface area contributed by atoms with E-state index in [1.54, 1.807) is 65.2 Å². The number of fused-ring (bicyclic) bond motifs is 1. The number of rotatable bonds is 10. The fraction of sp³-hybridized carbons (Fsp3) is 0.464. The van der Waals surface area contributed by atoms with Gasteiger partial charge in [-0.25, -0.2) is 0 Å². The minimum absolute atomic E-state index is 0.0161. The molecule has 3 aliphatic rings. The van der Waals surface area contributed by atoms with Crippen LogP contribution in [-0.4, -0.2) is 63.5 Å². The third-order valence-corrected chi connectivity index (χ3v) is 9.91. The summed E-state index contributed by atoms with van der Waals surface area (Å²) in [6.45, 7) is 2.84. The van der Waals surface area contributed by atoms with Crippen molar-refractivity contribution in [1.82, 2.24) is 4.90 Å². The molecule has 38 heavy (non-hydrogen) atoms. The molecule has 3 fully saturated rings. The van der Waals surface area contributed by atoms with E-state index in [0.29, 0.717) is 48.8 Å². The fourth-order valence-corrected chi connectivity index (χ4v) is 8.50. The van der Waals surface area contributed by atoms with Gasteiger partial charge in [0.1, 0.15) is 11.8 Å². The molecular formula is C28H32ClN3O5S. The number of halogens is 1. The summed E-state index contributed by atoms with van der Waals surface area (Å²) in [5.41, 5.74) is 1.24. The predicted octanol–water partition coefficient (Wildman–Crippen LogP) is 4.18. The van der Waals surface area contributed by atoms with E-state index in [1.165, 1.54) is 0 Å². The molecule has 3 saturated heterocycles. The molecule has 5 atom stereocenters. The second-order valence-electron chi connectivity index (χ2n) is 9.96. The van der Waals surface area contributed by atoms with Crippen molar-refractivity contribution in [1.29, 1.82) is 0 Å². The topological polar surface area (TPSA) is 108 Å². The van der Waals surface area contributed by atoms with Gasteiger partial charge in [-0.05, 0) is 81.1 Å². The summed E-state index contributed by atoms with van der Waals surface area (Å²) in [5.74, 6) is -0.987. The maximum absolute atomic E-state index is 13.9. The number of anilines is 2. The van der Waals surface area contributed by atoms with E-state index in [4.69, 9.17) is 16.3 Å². The Bertz CT molecular complexity index is 1190. The van der Waals surface area contributed by atoms with Crippen LogP contribution in [0.15, 0.2) is 48.5 Å². The first-order valence-electron chi connectivity index (χ1n) is 13.1. The van der Waals surface area contributed by atoms with E-state index < -0.39 is 22.6 Å². The van der Waals surface area contributed by atoms with Gasteiger partial charge in [0.25, 0.3) is 0 Å². The lowest BCUT2D eigenvalue weighted by Gasteiger charge is -2.34. The fourth-order valence-electron chi connectivity index (χ4n) is 6.16. The van der Waals surface area contributed by atoms with Crippen LogP contribution in [0.25, 0.3) is 0 Å². The number of aliphatic hydroxyl groups is 1. The van der Waals surface area contributed by atoms with E-state index in [2.05, 4.69) is 10.6 Å². The summed E-state index contributed by atoms with van der Waals surface area (Å²) in [7, 11) is 0. The number of hydrogen-bond donors (Lipinski definition) is 3. The largest absolute Gasteiger partial charge is 0.494 e. The van der Waals surface area contributed by atoms with Crippen molar-refractivity contribution < 1.29 is 24.2 Å². The number of carbonyl (C=O) groups excluding carboxylic acids is 3. The van der Waals surface area contributed by atoms with Gasteiger partial charge in [0.05, 0.1) is 23.2 Å². The highest BCUT2D eigenvalue weighted by Gasteiger charge is 2.73. The molecule has 2 aromatic carbocycles. The van der Waals surface area contributed by atoms with E-state index in [0.717, 1.165) is 12.2 Å². The van der Waals surface area contributed by atoms with Crippen LogP contribution < -0.4 is 15.4 Å². The summed E-state index contributed by atoms with van der Waals surface area (Å²) in [4.78, 5) is 42.9. The maximum atomic E-state index is 13.9. The van der Waals surface area contributed by atoms with Crippen molar-refractivity contribution in [3.05, 3.63) is 53.6 Å². The van der Waals surface area contributed by atoms with Gasteiger partial charge in [0.2, 0.25) is 17.7 Å².